The number of rotatable bonds is 3. The van der Waals surface area contributed by atoms with E-state index in [4.69, 9.17) is 16.3 Å². The van der Waals surface area contributed by atoms with Crippen molar-refractivity contribution in [2.45, 2.75) is 0 Å². The van der Waals surface area contributed by atoms with Crippen molar-refractivity contribution in [3.05, 3.63) is 23.4 Å². The van der Waals surface area contributed by atoms with Gasteiger partial charge in [0.1, 0.15) is 11.4 Å². The van der Waals surface area contributed by atoms with Crippen LogP contribution in [0.4, 0.5) is 0 Å². The molecule has 0 aromatic heterocycles. The molecule has 0 aromatic rings. The number of carbonyl (C=O) groups excluding carboxylic acids is 1. The third kappa shape index (κ3) is 3.61. The first kappa shape index (κ1) is 10.3. The number of halogens is 1. The van der Waals surface area contributed by atoms with E-state index in [1.165, 1.54) is 6.08 Å². The molecule has 1 aliphatic heterocycles. The summed E-state index contributed by atoms with van der Waals surface area (Å²) < 4.78 is 5.17. The van der Waals surface area contributed by atoms with Gasteiger partial charge < -0.3 is 9.64 Å². The van der Waals surface area contributed by atoms with Crippen molar-refractivity contribution >= 4 is 17.9 Å². The van der Waals surface area contributed by atoms with E-state index in [1.807, 2.05) is 4.90 Å². The normalized spacial score (nSPS) is 19.5. The average Bonchev–Trinajstić information content (AvgIpc) is 2.19. The van der Waals surface area contributed by atoms with Crippen LogP contribution in [0, 0.1) is 0 Å². The molecule has 1 heterocycles. The van der Waals surface area contributed by atoms with Crippen LogP contribution in [-0.2, 0) is 9.53 Å². The molecule has 1 rings (SSSR count). The van der Waals surface area contributed by atoms with E-state index < -0.39 is 0 Å². The first-order valence-electron chi connectivity index (χ1n) is 4.15. The van der Waals surface area contributed by atoms with Gasteiger partial charge in [0.15, 0.2) is 0 Å². The quantitative estimate of drug-likeness (QED) is 0.297. The minimum Gasteiger partial charge on any atom is -0.378 e. The minimum absolute atomic E-state index is 0.654. The Hall–Kier alpha value is -0.800. The number of aldehydes is 1. The summed E-state index contributed by atoms with van der Waals surface area (Å²) in [6, 6.07) is 0. The zero-order chi connectivity index (χ0) is 9.52. The number of hydrogen-bond donors (Lipinski definition) is 0. The molecule has 4 heteroatoms. The van der Waals surface area contributed by atoms with Gasteiger partial charge in [-0.15, -0.1) is 0 Å². The highest BCUT2D eigenvalue weighted by Crippen LogP contribution is 2.11. The van der Waals surface area contributed by atoms with Gasteiger partial charge in [-0.05, 0) is 12.2 Å². The zero-order valence-corrected chi connectivity index (χ0v) is 8.04. The molecule has 1 fully saturated rings. The smallest absolute Gasteiger partial charge is 0.142 e. The summed E-state index contributed by atoms with van der Waals surface area (Å²) in [5.41, 5.74) is 0. The number of nitrogens with zero attached hydrogens (tertiary/aromatic N) is 1. The maximum absolute atomic E-state index is 9.97. The molecule has 0 aromatic carbocycles. The Kier molecular flexibility index (Phi) is 4.57. The maximum Gasteiger partial charge on any atom is 0.142 e. The molecule has 0 spiro atoms. The van der Waals surface area contributed by atoms with Gasteiger partial charge in [-0.25, -0.2) is 0 Å². The Bertz CT molecular complexity index is 220. The van der Waals surface area contributed by atoms with E-state index in [0.29, 0.717) is 18.4 Å². The van der Waals surface area contributed by atoms with Crippen molar-refractivity contribution in [1.29, 1.82) is 0 Å². The van der Waals surface area contributed by atoms with Crippen molar-refractivity contribution in [2.24, 2.45) is 0 Å². The molecular formula is C9H12ClNO2. The SMILES string of the molecule is O=C/C=C/C=C(\Cl)N1CCOCC1. The van der Waals surface area contributed by atoms with Crippen LogP contribution in [0.15, 0.2) is 23.4 Å². The lowest BCUT2D eigenvalue weighted by atomic mass is 10.4. The summed E-state index contributed by atoms with van der Waals surface area (Å²) in [5.74, 6) is 0. The first-order valence-corrected chi connectivity index (χ1v) is 4.52. The number of morpholine rings is 1. The predicted molar refractivity (Wildman–Crippen MR) is 51.5 cm³/mol. The molecule has 1 aliphatic rings. The third-order valence-electron chi connectivity index (χ3n) is 1.74. The zero-order valence-electron chi connectivity index (χ0n) is 7.28. The highest BCUT2D eigenvalue weighted by Gasteiger charge is 2.10. The standard InChI is InChI=1S/C9H12ClNO2/c10-9(3-1-2-6-12)11-4-7-13-8-5-11/h1-3,6H,4-5,7-8H2/b2-1+,9-3+. The topological polar surface area (TPSA) is 29.5 Å². The largest absolute Gasteiger partial charge is 0.378 e. The van der Waals surface area contributed by atoms with E-state index in [1.54, 1.807) is 12.2 Å². The van der Waals surface area contributed by atoms with E-state index in [2.05, 4.69) is 0 Å². The van der Waals surface area contributed by atoms with Crippen molar-refractivity contribution in [1.82, 2.24) is 4.90 Å². The van der Waals surface area contributed by atoms with Crippen LogP contribution in [0.5, 0.6) is 0 Å². The molecule has 72 valence electrons. The molecule has 0 amide bonds. The molecular weight excluding hydrogens is 190 g/mol. The van der Waals surface area contributed by atoms with Crippen LogP contribution in [0.1, 0.15) is 0 Å². The Balaban J connectivity index is 2.44. The van der Waals surface area contributed by atoms with E-state index >= 15 is 0 Å². The number of ether oxygens (including phenoxy) is 1. The van der Waals surface area contributed by atoms with Gasteiger partial charge in [-0.3, -0.25) is 4.79 Å². The predicted octanol–water partition coefficient (Wildman–Crippen LogP) is 1.15. The van der Waals surface area contributed by atoms with E-state index in [0.717, 1.165) is 19.4 Å². The Morgan fingerprint density at radius 1 is 1.31 bits per heavy atom. The van der Waals surface area contributed by atoms with Crippen molar-refractivity contribution in [2.75, 3.05) is 26.3 Å². The highest BCUT2D eigenvalue weighted by atomic mass is 35.5. The fraction of sp³-hybridized carbons (Fsp3) is 0.444. The summed E-state index contributed by atoms with van der Waals surface area (Å²) in [4.78, 5) is 12.0. The second-order valence-corrected chi connectivity index (χ2v) is 3.00. The molecule has 0 unspecified atom stereocenters. The van der Waals surface area contributed by atoms with E-state index in [-0.39, 0.29) is 0 Å². The highest BCUT2D eigenvalue weighted by molar-refractivity contribution is 6.29. The van der Waals surface area contributed by atoms with Crippen LogP contribution < -0.4 is 0 Å². The van der Waals surface area contributed by atoms with Gasteiger partial charge in [0.05, 0.1) is 13.2 Å². The van der Waals surface area contributed by atoms with Crippen LogP contribution in [0.2, 0.25) is 0 Å². The number of carbonyl (C=O) groups is 1. The van der Waals surface area contributed by atoms with Gasteiger partial charge in [0.2, 0.25) is 0 Å². The summed E-state index contributed by atoms with van der Waals surface area (Å²) in [5, 5.41) is 0.654. The lowest BCUT2D eigenvalue weighted by Gasteiger charge is -2.27. The lowest BCUT2D eigenvalue weighted by Crippen LogP contribution is -2.34. The number of hydrogen-bond acceptors (Lipinski definition) is 3. The van der Waals surface area contributed by atoms with Crippen molar-refractivity contribution < 1.29 is 9.53 Å². The Morgan fingerprint density at radius 3 is 2.62 bits per heavy atom. The molecule has 3 nitrogen and oxygen atoms in total. The van der Waals surface area contributed by atoms with Gasteiger partial charge in [0, 0.05) is 13.1 Å². The summed E-state index contributed by atoms with van der Waals surface area (Å²) in [6.07, 6.45) is 5.47. The molecule has 0 radical (unpaired) electrons. The molecule has 0 aliphatic carbocycles. The van der Waals surface area contributed by atoms with Crippen LogP contribution in [-0.4, -0.2) is 37.5 Å². The van der Waals surface area contributed by atoms with Crippen LogP contribution >= 0.6 is 11.6 Å². The molecule has 0 bridgehead atoms. The van der Waals surface area contributed by atoms with Crippen LogP contribution in [0.3, 0.4) is 0 Å². The van der Waals surface area contributed by atoms with Gasteiger partial charge in [0.25, 0.3) is 0 Å². The van der Waals surface area contributed by atoms with Crippen LogP contribution in [0.25, 0.3) is 0 Å². The first-order chi connectivity index (χ1) is 6.34. The summed E-state index contributed by atoms with van der Waals surface area (Å²) in [7, 11) is 0. The molecule has 1 saturated heterocycles. The fourth-order valence-electron chi connectivity index (χ4n) is 1.06. The molecule has 0 N–H and O–H groups in total. The molecule has 0 saturated carbocycles. The average molecular weight is 202 g/mol. The minimum atomic E-state index is 0.654. The van der Waals surface area contributed by atoms with Crippen molar-refractivity contribution in [3.8, 4) is 0 Å². The van der Waals surface area contributed by atoms with Gasteiger partial charge in [-0.2, -0.15) is 0 Å². The van der Waals surface area contributed by atoms with Crippen molar-refractivity contribution in [3.63, 3.8) is 0 Å². The third-order valence-corrected chi connectivity index (χ3v) is 2.10. The Labute approximate surface area is 82.6 Å². The monoisotopic (exact) mass is 201 g/mol. The molecule has 13 heavy (non-hydrogen) atoms. The fourth-order valence-corrected chi connectivity index (χ4v) is 1.30. The summed E-state index contributed by atoms with van der Waals surface area (Å²) in [6.45, 7) is 3.04. The maximum atomic E-state index is 9.97. The second kappa shape index (κ2) is 5.78. The second-order valence-electron chi connectivity index (χ2n) is 2.61. The van der Waals surface area contributed by atoms with Gasteiger partial charge in [-0.1, -0.05) is 17.7 Å². The number of allylic oxidation sites excluding steroid dienone is 3. The summed E-state index contributed by atoms with van der Waals surface area (Å²) >= 11 is 5.96. The lowest BCUT2D eigenvalue weighted by molar-refractivity contribution is -0.104. The Morgan fingerprint density at radius 2 is 2.00 bits per heavy atom. The van der Waals surface area contributed by atoms with E-state index in [9.17, 15) is 4.79 Å². The molecule has 0 atom stereocenters. The van der Waals surface area contributed by atoms with Gasteiger partial charge >= 0.3 is 0 Å².